The van der Waals surface area contributed by atoms with Gasteiger partial charge in [-0.2, -0.15) is 18.3 Å². The first kappa shape index (κ1) is 13.2. The lowest BCUT2D eigenvalue weighted by atomic mass is 10.2. The van der Waals surface area contributed by atoms with Crippen LogP contribution in [0.4, 0.5) is 13.2 Å². The molecule has 0 saturated heterocycles. The zero-order chi connectivity index (χ0) is 13.3. The molecule has 0 aliphatic heterocycles. The average molecular weight is 295 g/mol. The predicted molar refractivity (Wildman–Crippen MR) is 63.1 cm³/mol. The van der Waals surface area contributed by atoms with Crippen molar-refractivity contribution in [2.75, 3.05) is 0 Å². The second-order valence-corrected chi connectivity index (χ2v) is 4.19. The maximum absolute atomic E-state index is 12.5. The van der Waals surface area contributed by atoms with Crippen LogP contribution in [-0.4, -0.2) is 9.78 Å². The molecule has 0 bridgehead atoms. The number of hydrogen-bond acceptors (Lipinski definition) is 1. The van der Waals surface area contributed by atoms with Crippen molar-refractivity contribution in [3.8, 4) is 5.69 Å². The van der Waals surface area contributed by atoms with Gasteiger partial charge in [0, 0.05) is 16.8 Å². The molecule has 96 valence electrons. The highest BCUT2D eigenvalue weighted by molar-refractivity contribution is 6.32. The van der Waals surface area contributed by atoms with Gasteiger partial charge in [-0.15, -0.1) is 11.6 Å². The Hall–Kier alpha value is -1.20. The van der Waals surface area contributed by atoms with Crippen molar-refractivity contribution < 1.29 is 13.2 Å². The van der Waals surface area contributed by atoms with Crippen LogP contribution in [0.15, 0.2) is 30.5 Å². The third-order valence-electron chi connectivity index (χ3n) is 2.35. The highest BCUT2D eigenvalue weighted by Crippen LogP contribution is 2.29. The first-order valence-electron chi connectivity index (χ1n) is 4.90. The Morgan fingerprint density at radius 2 is 1.94 bits per heavy atom. The topological polar surface area (TPSA) is 17.8 Å². The molecule has 2 nitrogen and oxygen atoms in total. The fourth-order valence-corrected chi connectivity index (χ4v) is 2.09. The Morgan fingerprint density at radius 3 is 2.50 bits per heavy atom. The van der Waals surface area contributed by atoms with E-state index in [-0.39, 0.29) is 5.88 Å². The summed E-state index contributed by atoms with van der Waals surface area (Å²) in [6.07, 6.45) is -3.24. The third-order valence-corrected chi connectivity index (χ3v) is 2.98. The summed E-state index contributed by atoms with van der Waals surface area (Å²) in [5.74, 6) is 0.0935. The summed E-state index contributed by atoms with van der Waals surface area (Å²) in [5.41, 5.74) is 0.0219. The Morgan fingerprint density at radius 1 is 1.22 bits per heavy atom. The molecule has 0 spiro atoms. The maximum atomic E-state index is 12.5. The number of alkyl halides is 4. The second-order valence-electron chi connectivity index (χ2n) is 3.51. The molecule has 0 unspecified atom stereocenters. The summed E-state index contributed by atoms with van der Waals surface area (Å²) in [6.45, 7) is 0. The Balaban J connectivity index is 2.50. The van der Waals surface area contributed by atoms with Gasteiger partial charge in [-0.05, 0) is 18.2 Å². The summed E-state index contributed by atoms with van der Waals surface area (Å²) in [6, 6.07) is 5.76. The normalized spacial score (nSPS) is 11.8. The van der Waals surface area contributed by atoms with Crippen molar-refractivity contribution in [1.82, 2.24) is 9.78 Å². The quantitative estimate of drug-likeness (QED) is 0.756. The Kier molecular flexibility index (Phi) is 3.54. The molecule has 0 N–H and O–H groups in total. The highest BCUT2D eigenvalue weighted by atomic mass is 35.5. The van der Waals surface area contributed by atoms with E-state index in [1.807, 2.05) is 0 Å². The number of hydrogen-bond donors (Lipinski definition) is 0. The maximum Gasteiger partial charge on any atom is 0.435 e. The van der Waals surface area contributed by atoms with Gasteiger partial charge in [-0.3, -0.25) is 0 Å². The summed E-state index contributed by atoms with van der Waals surface area (Å²) in [7, 11) is 0. The standard InChI is InChI=1S/C11H7Cl2F3N2/c12-6-7-8(13)2-1-3-9(7)18-5-4-10(17-18)11(14,15)16/h1-5H,6H2. The first-order chi connectivity index (χ1) is 8.43. The van der Waals surface area contributed by atoms with Crippen molar-refractivity contribution in [3.05, 3.63) is 46.7 Å². The first-order valence-corrected chi connectivity index (χ1v) is 5.81. The van der Waals surface area contributed by atoms with E-state index in [4.69, 9.17) is 23.2 Å². The predicted octanol–water partition coefficient (Wildman–Crippen LogP) is 4.28. The molecule has 0 fully saturated rings. The van der Waals surface area contributed by atoms with Gasteiger partial charge in [0.25, 0.3) is 0 Å². The molecule has 0 amide bonds. The van der Waals surface area contributed by atoms with Gasteiger partial charge in [0.1, 0.15) is 0 Å². The molecule has 0 radical (unpaired) electrons. The van der Waals surface area contributed by atoms with Crippen molar-refractivity contribution in [2.24, 2.45) is 0 Å². The number of rotatable bonds is 2. The van der Waals surface area contributed by atoms with Crippen LogP contribution in [0.5, 0.6) is 0 Å². The lowest BCUT2D eigenvalue weighted by Gasteiger charge is -2.09. The SMILES string of the molecule is FC(F)(F)c1ccn(-c2cccc(Cl)c2CCl)n1. The minimum atomic E-state index is -4.47. The fraction of sp³-hybridized carbons (Fsp3) is 0.182. The monoisotopic (exact) mass is 294 g/mol. The molecule has 2 aromatic rings. The van der Waals surface area contributed by atoms with Crippen LogP contribution in [0.25, 0.3) is 5.69 Å². The van der Waals surface area contributed by atoms with Crippen LogP contribution in [-0.2, 0) is 12.1 Å². The lowest BCUT2D eigenvalue weighted by molar-refractivity contribution is -0.141. The fourth-order valence-electron chi connectivity index (χ4n) is 1.50. The van der Waals surface area contributed by atoms with Crippen molar-refractivity contribution in [3.63, 3.8) is 0 Å². The van der Waals surface area contributed by atoms with E-state index in [1.165, 1.54) is 6.20 Å². The summed E-state index contributed by atoms with van der Waals surface area (Å²) < 4.78 is 38.5. The van der Waals surface area contributed by atoms with E-state index in [1.54, 1.807) is 18.2 Å². The number of nitrogens with zero attached hydrogens (tertiary/aromatic N) is 2. The zero-order valence-electron chi connectivity index (χ0n) is 8.88. The van der Waals surface area contributed by atoms with Gasteiger partial charge in [0.15, 0.2) is 5.69 Å². The number of aromatic nitrogens is 2. The summed E-state index contributed by atoms with van der Waals surface area (Å²) >= 11 is 11.7. The van der Waals surface area contributed by atoms with Gasteiger partial charge >= 0.3 is 6.18 Å². The van der Waals surface area contributed by atoms with Gasteiger partial charge in [-0.25, -0.2) is 4.68 Å². The van der Waals surface area contributed by atoms with E-state index < -0.39 is 11.9 Å². The Bertz CT molecular complexity index is 564. The van der Waals surface area contributed by atoms with Gasteiger partial charge in [0.2, 0.25) is 0 Å². The molecule has 2 rings (SSSR count). The number of halogens is 5. The van der Waals surface area contributed by atoms with Crippen LogP contribution < -0.4 is 0 Å². The molecule has 7 heteroatoms. The van der Waals surface area contributed by atoms with Crippen LogP contribution in [0.1, 0.15) is 11.3 Å². The average Bonchev–Trinajstić information content (AvgIpc) is 2.77. The molecule has 1 aromatic carbocycles. The van der Waals surface area contributed by atoms with Gasteiger partial charge in [0.05, 0.1) is 11.6 Å². The number of benzene rings is 1. The molecule has 0 aliphatic carbocycles. The summed E-state index contributed by atoms with van der Waals surface area (Å²) in [5, 5.41) is 3.87. The molecule has 0 aliphatic rings. The van der Waals surface area contributed by atoms with Crippen molar-refractivity contribution in [1.29, 1.82) is 0 Å². The largest absolute Gasteiger partial charge is 0.435 e. The van der Waals surface area contributed by atoms with E-state index in [9.17, 15) is 13.2 Å². The van der Waals surface area contributed by atoms with Crippen LogP contribution >= 0.6 is 23.2 Å². The Labute approximate surface area is 111 Å². The van der Waals surface area contributed by atoms with Gasteiger partial charge in [-0.1, -0.05) is 17.7 Å². The van der Waals surface area contributed by atoms with Crippen molar-refractivity contribution in [2.45, 2.75) is 12.1 Å². The third kappa shape index (κ3) is 2.47. The summed E-state index contributed by atoms with van der Waals surface area (Å²) in [4.78, 5) is 0. The molecule has 0 saturated carbocycles. The van der Waals surface area contributed by atoms with E-state index in [0.717, 1.165) is 10.7 Å². The van der Waals surface area contributed by atoms with Crippen LogP contribution in [0, 0.1) is 0 Å². The smallest absolute Gasteiger partial charge is 0.240 e. The minimum absolute atomic E-state index is 0.0935. The molecule has 0 atom stereocenters. The second kappa shape index (κ2) is 4.82. The van der Waals surface area contributed by atoms with E-state index >= 15 is 0 Å². The van der Waals surface area contributed by atoms with Crippen LogP contribution in [0.3, 0.4) is 0 Å². The molecular formula is C11H7Cl2F3N2. The molecular weight excluding hydrogens is 288 g/mol. The van der Waals surface area contributed by atoms with E-state index in [0.29, 0.717) is 16.3 Å². The van der Waals surface area contributed by atoms with E-state index in [2.05, 4.69) is 5.10 Å². The molecule has 1 aromatic heterocycles. The zero-order valence-corrected chi connectivity index (χ0v) is 10.4. The molecule has 18 heavy (non-hydrogen) atoms. The lowest BCUT2D eigenvalue weighted by Crippen LogP contribution is -2.08. The minimum Gasteiger partial charge on any atom is -0.240 e. The van der Waals surface area contributed by atoms with Crippen molar-refractivity contribution >= 4 is 23.2 Å². The van der Waals surface area contributed by atoms with Crippen LogP contribution in [0.2, 0.25) is 5.02 Å². The molecule has 1 heterocycles. The van der Waals surface area contributed by atoms with Gasteiger partial charge < -0.3 is 0 Å². The highest BCUT2D eigenvalue weighted by Gasteiger charge is 2.33.